The number of thioether (sulfide) groups is 1. The van der Waals surface area contributed by atoms with Crippen molar-refractivity contribution in [2.24, 2.45) is 0 Å². The van der Waals surface area contributed by atoms with Gasteiger partial charge >= 0.3 is 0 Å². The van der Waals surface area contributed by atoms with Gasteiger partial charge in [0.05, 0.1) is 17.2 Å². The van der Waals surface area contributed by atoms with Crippen LogP contribution < -0.4 is 14.4 Å². The molecule has 8 nitrogen and oxygen atoms in total. The first-order chi connectivity index (χ1) is 20.1. The topological polar surface area (TPSA) is 96.0 Å². The summed E-state index contributed by atoms with van der Waals surface area (Å²) < 4.78 is 35.1. The predicted octanol–water partition coefficient (Wildman–Crippen LogP) is 5.64. The largest absolute Gasteiger partial charge is 0.492 e. The van der Waals surface area contributed by atoms with E-state index in [2.05, 4.69) is 5.32 Å². The third kappa shape index (κ3) is 8.51. The number of unbranched alkanes of at least 4 members (excludes halogenated alkanes) is 1. The number of rotatable bonds is 15. The summed E-state index contributed by atoms with van der Waals surface area (Å²) >= 11 is 1.50. The van der Waals surface area contributed by atoms with Crippen LogP contribution in [0.3, 0.4) is 0 Å². The third-order valence-corrected chi connectivity index (χ3v) is 9.35. The van der Waals surface area contributed by atoms with Gasteiger partial charge in [-0.25, -0.2) is 8.42 Å². The number of carbonyl (C=O) groups is 2. The number of benzene rings is 3. The van der Waals surface area contributed by atoms with E-state index < -0.39 is 28.5 Å². The van der Waals surface area contributed by atoms with E-state index in [9.17, 15) is 18.0 Å². The molecule has 0 heterocycles. The van der Waals surface area contributed by atoms with Crippen LogP contribution in [0.4, 0.5) is 5.69 Å². The van der Waals surface area contributed by atoms with Crippen molar-refractivity contribution in [3.05, 3.63) is 83.9 Å². The van der Waals surface area contributed by atoms with Crippen molar-refractivity contribution < 1.29 is 22.7 Å². The lowest BCUT2D eigenvalue weighted by Crippen LogP contribution is -2.51. The summed E-state index contributed by atoms with van der Waals surface area (Å²) in [5, 5.41) is 2.90. The summed E-state index contributed by atoms with van der Waals surface area (Å²) in [4.78, 5) is 29.6. The monoisotopic (exact) mass is 611 g/mol. The summed E-state index contributed by atoms with van der Waals surface area (Å²) in [7, 11) is -4.19. The fourth-order valence-electron chi connectivity index (χ4n) is 4.34. The zero-order chi connectivity index (χ0) is 30.7. The first kappa shape index (κ1) is 33.0. The van der Waals surface area contributed by atoms with Gasteiger partial charge in [-0.05, 0) is 75.4 Å². The van der Waals surface area contributed by atoms with Crippen molar-refractivity contribution >= 4 is 39.3 Å². The molecule has 3 aromatic carbocycles. The molecule has 2 amide bonds. The smallest absolute Gasteiger partial charge is 0.264 e. The third-order valence-electron chi connectivity index (χ3n) is 6.83. The highest BCUT2D eigenvalue weighted by atomic mass is 32.2. The first-order valence-electron chi connectivity index (χ1n) is 14.1. The van der Waals surface area contributed by atoms with E-state index >= 15 is 0 Å². The number of aryl methyl sites for hydroxylation is 1. The molecule has 0 saturated heterocycles. The Morgan fingerprint density at radius 2 is 1.64 bits per heavy atom. The highest BCUT2D eigenvalue weighted by Gasteiger charge is 2.33. The Balaban J connectivity index is 2.05. The van der Waals surface area contributed by atoms with Gasteiger partial charge in [-0.3, -0.25) is 13.9 Å². The summed E-state index contributed by atoms with van der Waals surface area (Å²) in [5.74, 6) is -0.461. The number of anilines is 1. The minimum atomic E-state index is -4.19. The van der Waals surface area contributed by atoms with Crippen molar-refractivity contribution in [1.29, 1.82) is 0 Å². The van der Waals surface area contributed by atoms with Crippen molar-refractivity contribution in [1.82, 2.24) is 10.2 Å². The van der Waals surface area contributed by atoms with E-state index in [1.807, 2.05) is 51.3 Å². The lowest BCUT2D eigenvalue weighted by Gasteiger charge is -2.32. The molecule has 0 aliphatic rings. The molecule has 0 unspecified atom stereocenters. The van der Waals surface area contributed by atoms with Gasteiger partial charge in [-0.15, -0.1) is 11.8 Å². The van der Waals surface area contributed by atoms with Crippen LogP contribution in [0.5, 0.6) is 5.75 Å². The molecule has 0 aliphatic carbocycles. The number of nitrogens with one attached hydrogen (secondary N) is 1. The quantitative estimate of drug-likeness (QED) is 0.176. The van der Waals surface area contributed by atoms with Crippen LogP contribution in [0, 0.1) is 6.92 Å². The van der Waals surface area contributed by atoms with Crippen molar-refractivity contribution in [2.75, 3.05) is 30.3 Å². The van der Waals surface area contributed by atoms with Gasteiger partial charge in [0.1, 0.15) is 18.3 Å². The SMILES string of the molecule is CCCCNC(=O)[C@H](C)N(Cc1ccc(C)cc1)C(=O)CN(c1ccccc1OCC)S(=O)(=O)c1ccc(SC)cc1. The molecule has 0 aromatic heterocycles. The highest BCUT2D eigenvalue weighted by molar-refractivity contribution is 7.98. The number of sulfonamides is 1. The maximum atomic E-state index is 14.1. The van der Waals surface area contributed by atoms with Gasteiger partial charge in [-0.2, -0.15) is 0 Å². The Kier molecular flexibility index (Phi) is 12.3. The average molecular weight is 612 g/mol. The van der Waals surface area contributed by atoms with E-state index in [0.717, 1.165) is 33.2 Å². The Labute approximate surface area is 254 Å². The van der Waals surface area contributed by atoms with Gasteiger partial charge < -0.3 is 15.0 Å². The van der Waals surface area contributed by atoms with E-state index in [0.29, 0.717) is 18.9 Å². The van der Waals surface area contributed by atoms with E-state index in [4.69, 9.17) is 4.74 Å². The molecule has 0 radical (unpaired) electrons. The molecule has 0 aliphatic heterocycles. The van der Waals surface area contributed by atoms with Gasteiger partial charge in [0.2, 0.25) is 11.8 Å². The minimum absolute atomic E-state index is 0.0508. The molecular formula is C32H41N3O5S2. The molecule has 42 heavy (non-hydrogen) atoms. The lowest BCUT2D eigenvalue weighted by atomic mass is 10.1. The lowest BCUT2D eigenvalue weighted by molar-refractivity contribution is -0.139. The van der Waals surface area contributed by atoms with Crippen LogP contribution in [0.2, 0.25) is 0 Å². The van der Waals surface area contributed by atoms with E-state index in [-0.39, 0.29) is 23.0 Å². The number of hydrogen-bond donors (Lipinski definition) is 1. The number of amides is 2. The Morgan fingerprint density at radius 3 is 2.26 bits per heavy atom. The molecule has 226 valence electrons. The van der Waals surface area contributed by atoms with Crippen LogP contribution in [0.1, 0.15) is 44.7 Å². The molecular weight excluding hydrogens is 571 g/mol. The average Bonchev–Trinajstić information content (AvgIpc) is 2.99. The fraction of sp³-hybridized carbons (Fsp3) is 0.375. The van der Waals surface area contributed by atoms with Crippen molar-refractivity contribution in [2.45, 2.75) is 62.9 Å². The van der Waals surface area contributed by atoms with Gasteiger partial charge in [0.25, 0.3) is 10.0 Å². The highest BCUT2D eigenvalue weighted by Crippen LogP contribution is 2.33. The van der Waals surface area contributed by atoms with Crippen LogP contribution in [-0.4, -0.2) is 57.1 Å². The fourth-order valence-corrected chi connectivity index (χ4v) is 6.17. The van der Waals surface area contributed by atoms with E-state index in [1.165, 1.54) is 28.8 Å². The molecule has 3 aromatic rings. The molecule has 0 fully saturated rings. The number of ether oxygens (including phenoxy) is 1. The molecule has 0 spiro atoms. The van der Waals surface area contributed by atoms with Crippen LogP contribution in [0.25, 0.3) is 0 Å². The summed E-state index contributed by atoms with van der Waals surface area (Å²) in [6, 6.07) is 20.2. The second-order valence-corrected chi connectivity index (χ2v) is 12.7. The van der Waals surface area contributed by atoms with Crippen LogP contribution >= 0.6 is 11.8 Å². The molecule has 3 rings (SSSR count). The van der Waals surface area contributed by atoms with Gasteiger partial charge in [0, 0.05) is 18.0 Å². The second kappa shape index (κ2) is 15.7. The summed E-state index contributed by atoms with van der Waals surface area (Å²) in [6.07, 6.45) is 3.65. The molecule has 1 N–H and O–H groups in total. The predicted molar refractivity (Wildman–Crippen MR) is 169 cm³/mol. The van der Waals surface area contributed by atoms with Crippen molar-refractivity contribution in [3.63, 3.8) is 0 Å². The Bertz CT molecular complexity index is 1430. The van der Waals surface area contributed by atoms with Gasteiger partial charge in [0.15, 0.2) is 0 Å². The zero-order valence-corrected chi connectivity index (χ0v) is 26.6. The molecule has 0 saturated carbocycles. The zero-order valence-electron chi connectivity index (χ0n) is 25.0. The molecule has 1 atom stereocenters. The van der Waals surface area contributed by atoms with Gasteiger partial charge in [-0.1, -0.05) is 55.3 Å². The molecule has 10 heteroatoms. The Hall–Kier alpha value is -3.50. The standard InChI is InChI=1S/C32H41N3O5S2/c1-6-8-21-33-32(37)25(4)34(22-26-15-13-24(3)14-16-26)31(36)23-35(29-11-9-10-12-30(29)40-7-2)42(38,39)28-19-17-27(41-5)18-20-28/h9-20,25H,6-8,21-23H2,1-5H3,(H,33,37)/t25-/m0/s1. The van der Waals surface area contributed by atoms with Crippen LogP contribution in [-0.2, 0) is 26.2 Å². The second-order valence-electron chi connectivity index (χ2n) is 9.92. The Morgan fingerprint density at radius 1 is 0.976 bits per heavy atom. The number of carbonyl (C=O) groups excluding carboxylic acids is 2. The first-order valence-corrected chi connectivity index (χ1v) is 16.8. The number of hydrogen-bond acceptors (Lipinski definition) is 6. The van der Waals surface area contributed by atoms with Crippen LogP contribution in [0.15, 0.2) is 82.6 Å². The summed E-state index contributed by atoms with van der Waals surface area (Å²) in [6.45, 7) is 7.93. The maximum Gasteiger partial charge on any atom is 0.264 e. The normalized spacial score (nSPS) is 11.9. The van der Waals surface area contributed by atoms with Crippen molar-refractivity contribution in [3.8, 4) is 5.75 Å². The maximum absolute atomic E-state index is 14.1. The number of para-hydroxylation sites is 2. The summed E-state index contributed by atoms with van der Waals surface area (Å²) in [5.41, 5.74) is 2.15. The minimum Gasteiger partial charge on any atom is -0.492 e. The number of nitrogens with zero attached hydrogens (tertiary/aromatic N) is 2. The van der Waals surface area contributed by atoms with E-state index in [1.54, 1.807) is 43.3 Å². The molecule has 0 bridgehead atoms.